The molecule has 2 rings (SSSR count). The minimum absolute atomic E-state index is 0.0421. The Kier molecular flexibility index (Phi) is 1.73. The highest BCUT2D eigenvalue weighted by molar-refractivity contribution is 5.91. The zero-order valence-electron chi connectivity index (χ0n) is 7.85. The summed E-state index contributed by atoms with van der Waals surface area (Å²) in [7, 11) is 1.78. The van der Waals surface area contributed by atoms with Gasteiger partial charge < -0.3 is 5.11 Å². The first-order valence-corrected chi connectivity index (χ1v) is 4.12. The third-order valence-electron chi connectivity index (χ3n) is 2.14. The predicted octanol–water partition coefficient (Wildman–Crippen LogP) is 0.975. The van der Waals surface area contributed by atoms with E-state index in [-0.39, 0.29) is 5.69 Å². The van der Waals surface area contributed by atoms with Gasteiger partial charge in [0.2, 0.25) is 0 Å². The van der Waals surface area contributed by atoms with Crippen LogP contribution in [0.4, 0.5) is 0 Å². The molecule has 0 aliphatic rings. The number of aryl methyl sites for hydroxylation is 2. The largest absolute Gasteiger partial charge is 0.477 e. The highest BCUT2D eigenvalue weighted by atomic mass is 16.4. The molecule has 2 heterocycles. The van der Waals surface area contributed by atoms with Crippen LogP contribution in [-0.4, -0.2) is 25.8 Å². The molecular weight excluding hydrogens is 182 g/mol. The molecule has 0 amide bonds. The van der Waals surface area contributed by atoms with Crippen LogP contribution in [0.2, 0.25) is 0 Å². The monoisotopic (exact) mass is 191 g/mol. The number of hydrogen-bond donors (Lipinski definition) is 1. The molecule has 0 unspecified atom stereocenters. The molecule has 0 atom stereocenters. The lowest BCUT2D eigenvalue weighted by Gasteiger charge is -1.95. The van der Waals surface area contributed by atoms with E-state index in [0.717, 1.165) is 16.6 Å². The molecule has 1 N–H and O–H groups in total. The van der Waals surface area contributed by atoms with E-state index in [2.05, 4.69) is 10.1 Å². The van der Waals surface area contributed by atoms with Crippen molar-refractivity contribution in [2.24, 2.45) is 7.05 Å². The summed E-state index contributed by atoms with van der Waals surface area (Å²) in [4.78, 5) is 14.5. The summed E-state index contributed by atoms with van der Waals surface area (Å²) in [6.07, 6.45) is 1.54. The number of carboxylic acids is 1. The molecule has 0 aliphatic heterocycles. The second kappa shape index (κ2) is 2.80. The molecule has 2 aromatic heterocycles. The van der Waals surface area contributed by atoms with Gasteiger partial charge in [0.25, 0.3) is 0 Å². The third-order valence-corrected chi connectivity index (χ3v) is 2.14. The molecule has 2 aromatic rings. The van der Waals surface area contributed by atoms with Crippen LogP contribution in [0.3, 0.4) is 0 Å². The van der Waals surface area contributed by atoms with E-state index in [9.17, 15) is 4.79 Å². The second-order valence-electron chi connectivity index (χ2n) is 3.10. The lowest BCUT2D eigenvalue weighted by Crippen LogP contribution is -2.00. The summed E-state index contributed by atoms with van der Waals surface area (Å²) in [6.45, 7) is 1.87. The first kappa shape index (κ1) is 8.68. The number of carbonyl (C=O) groups is 1. The van der Waals surface area contributed by atoms with Crippen LogP contribution in [0.5, 0.6) is 0 Å². The number of aromatic carboxylic acids is 1. The lowest BCUT2D eigenvalue weighted by molar-refractivity contribution is 0.0690. The fourth-order valence-electron chi connectivity index (χ4n) is 1.44. The van der Waals surface area contributed by atoms with Gasteiger partial charge in [-0.05, 0) is 13.0 Å². The number of fused-ring (bicyclic) bond motifs is 1. The van der Waals surface area contributed by atoms with Gasteiger partial charge in [-0.3, -0.25) is 4.68 Å². The van der Waals surface area contributed by atoms with Crippen molar-refractivity contribution in [3.05, 3.63) is 23.7 Å². The zero-order valence-corrected chi connectivity index (χ0v) is 7.85. The Morgan fingerprint density at radius 3 is 2.93 bits per heavy atom. The highest BCUT2D eigenvalue weighted by Gasteiger charge is 2.09. The van der Waals surface area contributed by atoms with E-state index in [1.165, 1.54) is 6.07 Å². The maximum Gasteiger partial charge on any atom is 0.354 e. The summed E-state index contributed by atoms with van der Waals surface area (Å²) < 4.78 is 1.65. The topological polar surface area (TPSA) is 68.0 Å². The highest BCUT2D eigenvalue weighted by Crippen LogP contribution is 2.16. The van der Waals surface area contributed by atoms with Crippen molar-refractivity contribution in [1.82, 2.24) is 14.8 Å². The smallest absolute Gasteiger partial charge is 0.354 e. The lowest BCUT2D eigenvalue weighted by atomic mass is 10.2. The van der Waals surface area contributed by atoms with Gasteiger partial charge >= 0.3 is 5.97 Å². The molecule has 5 nitrogen and oxygen atoms in total. The van der Waals surface area contributed by atoms with Crippen molar-refractivity contribution in [1.29, 1.82) is 0 Å². The van der Waals surface area contributed by atoms with Crippen molar-refractivity contribution < 1.29 is 9.90 Å². The van der Waals surface area contributed by atoms with Crippen LogP contribution in [0.25, 0.3) is 10.9 Å². The van der Waals surface area contributed by atoms with Gasteiger partial charge in [-0.15, -0.1) is 0 Å². The minimum atomic E-state index is -1.02. The average molecular weight is 191 g/mol. The van der Waals surface area contributed by atoms with E-state index < -0.39 is 5.97 Å². The van der Waals surface area contributed by atoms with Gasteiger partial charge in [0.05, 0.1) is 11.2 Å². The fourth-order valence-corrected chi connectivity index (χ4v) is 1.44. The summed E-state index contributed by atoms with van der Waals surface area (Å²) in [5.41, 5.74) is 1.68. The van der Waals surface area contributed by atoms with Gasteiger partial charge in [-0.2, -0.15) is 5.10 Å². The molecule has 0 fully saturated rings. The Bertz CT molecular complexity index is 516. The molecule has 0 aliphatic carbocycles. The molecule has 0 aromatic carbocycles. The van der Waals surface area contributed by atoms with Crippen LogP contribution in [0.15, 0.2) is 12.3 Å². The van der Waals surface area contributed by atoms with Crippen LogP contribution in [-0.2, 0) is 7.05 Å². The van der Waals surface area contributed by atoms with Gasteiger partial charge in [0, 0.05) is 18.6 Å². The molecule has 0 bridgehead atoms. The molecule has 14 heavy (non-hydrogen) atoms. The van der Waals surface area contributed by atoms with Crippen molar-refractivity contribution in [3.63, 3.8) is 0 Å². The van der Waals surface area contributed by atoms with Crippen molar-refractivity contribution in [3.8, 4) is 0 Å². The van der Waals surface area contributed by atoms with Crippen LogP contribution in [0, 0.1) is 6.92 Å². The fraction of sp³-hybridized carbons (Fsp3) is 0.222. The van der Waals surface area contributed by atoms with Gasteiger partial charge in [0.1, 0.15) is 5.69 Å². The standard InChI is InChI=1S/C9H9N3O2/c1-5-6-4-10-7(9(13)14)3-8(6)12(2)11-5/h3-4H,1-2H3,(H,13,14). The Balaban J connectivity index is 2.77. The maximum absolute atomic E-state index is 10.7. The average Bonchev–Trinajstić information content (AvgIpc) is 2.42. The van der Waals surface area contributed by atoms with Gasteiger partial charge in [0.15, 0.2) is 0 Å². The Labute approximate surface area is 80.0 Å². The number of carboxylic acid groups (broad SMARTS) is 1. The molecule has 0 radical (unpaired) electrons. The first-order chi connectivity index (χ1) is 6.59. The number of nitrogens with zero attached hydrogens (tertiary/aromatic N) is 3. The van der Waals surface area contributed by atoms with Crippen molar-refractivity contribution in [2.75, 3.05) is 0 Å². The van der Waals surface area contributed by atoms with Crippen LogP contribution < -0.4 is 0 Å². The second-order valence-corrected chi connectivity index (χ2v) is 3.10. The SMILES string of the molecule is Cc1nn(C)c2cc(C(=O)O)ncc12. The van der Waals surface area contributed by atoms with E-state index in [0.29, 0.717) is 0 Å². The summed E-state index contributed by atoms with van der Waals surface area (Å²) in [5, 5.41) is 13.8. The molecule has 5 heteroatoms. The number of hydrogen-bond acceptors (Lipinski definition) is 3. The van der Waals surface area contributed by atoms with E-state index in [4.69, 9.17) is 5.11 Å². The first-order valence-electron chi connectivity index (χ1n) is 4.12. The van der Waals surface area contributed by atoms with E-state index in [1.54, 1.807) is 17.9 Å². The summed E-state index contributed by atoms with van der Waals surface area (Å²) in [5.74, 6) is -1.02. The number of aromatic nitrogens is 3. The minimum Gasteiger partial charge on any atom is -0.477 e. The van der Waals surface area contributed by atoms with Crippen LogP contribution >= 0.6 is 0 Å². The third kappa shape index (κ3) is 1.14. The summed E-state index contributed by atoms with van der Waals surface area (Å²) in [6, 6.07) is 1.53. The Morgan fingerprint density at radius 2 is 2.29 bits per heavy atom. The molecule has 0 spiro atoms. The Hall–Kier alpha value is -1.91. The summed E-state index contributed by atoms with van der Waals surface area (Å²) >= 11 is 0. The van der Waals surface area contributed by atoms with Crippen LogP contribution in [0.1, 0.15) is 16.2 Å². The Morgan fingerprint density at radius 1 is 1.57 bits per heavy atom. The van der Waals surface area contributed by atoms with Crippen molar-refractivity contribution >= 4 is 16.9 Å². The van der Waals surface area contributed by atoms with Crippen molar-refractivity contribution in [2.45, 2.75) is 6.92 Å². The van der Waals surface area contributed by atoms with E-state index in [1.807, 2.05) is 6.92 Å². The normalized spacial score (nSPS) is 10.7. The van der Waals surface area contributed by atoms with E-state index >= 15 is 0 Å². The predicted molar refractivity (Wildman–Crippen MR) is 50.2 cm³/mol. The van der Waals surface area contributed by atoms with Gasteiger partial charge in [-0.25, -0.2) is 9.78 Å². The number of rotatable bonds is 1. The maximum atomic E-state index is 10.7. The number of pyridine rings is 1. The zero-order chi connectivity index (χ0) is 10.3. The molecule has 0 saturated carbocycles. The molecule has 0 saturated heterocycles. The molecular formula is C9H9N3O2. The van der Waals surface area contributed by atoms with Gasteiger partial charge in [-0.1, -0.05) is 0 Å². The molecule has 72 valence electrons. The quantitative estimate of drug-likeness (QED) is 0.729.